The van der Waals surface area contributed by atoms with Gasteiger partial charge in [0.15, 0.2) is 0 Å². The average molecular weight is 141 g/mol. The van der Waals surface area contributed by atoms with Crippen LogP contribution in [-0.2, 0) is 6.54 Å². The number of nitrogens with zero attached hydrogens (tertiary/aromatic N) is 4. The Morgan fingerprint density at radius 3 is 3.30 bits per heavy atom. The molecule has 0 atom stereocenters. The minimum atomic E-state index is 0. The lowest BCUT2D eigenvalue weighted by Gasteiger charge is -1.89. The van der Waals surface area contributed by atoms with Gasteiger partial charge in [-0.25, -0.2) is 0 Å². The van der Waals surface area contributed by atoms with E-state index in [2.05, 4.69) is 15.0 Å². The fourth-order valence-corrected chi connectivity index (χ4v) is 0.596. The molecule has 1 aromatic rings. The first-order valence-corrected chi connectivity index (χ1v) is 2.84. The summed E-state index contributed by atoms with van der Waals surface area (Å²) in [7, 11) is 0. The lowest BCUT2D eigenvalue weighted by atomic mass is 10.4. The van der Waals surface area contributed by atoms with E-state index in [4.69, 9.17) is 8.50 Å². The van der Waals surface area contributed by atoms with E-state index in [9.17, 15) is 0 Å². The van der Waals surface area contributed by atoms with E-state index in [0.29, 0.717) is 6.54 Å². The van der Waals surface area contributed by atoms with Crippen molar-refractivity contribution in [1.29, 1.82) is 0 Å². The van der Waals surface area contributed by atoms with Crippen LogP contribution in [0.5, 0.6) is 0 Å². The van der Waals surface area contributed by atoms with Crippen molar-refractivity contribution < 1.29 is 4.40 Å². The standard InChI is InChI=1S/C6H6N4.2H2/c7-10-9-5-6-3-1-2-4-8-6;;/h1-4H,5H2;2*1H/i;1+1D;1+1. The molecule has 4 heteroatoms. The molecule has 0 bridgehead atoms. The quantitative estimate of drug-likeness (QED) is 0.354. The summed E-state index contributed by atoms with van der Waals surface area (Å²) in [6.45, 7) is 0.331. The zero-order valence-electron chi connectivity index (χ0n) is 7.31. The first-order valence-electron chi connectivity index (χ1n) is 3.84. The van der Waals surface area contributed by atoms with E-state index >= 15 is 0 Å². The highest BCUT2D eigenvalue weighted by molar-refractivity contribution is 5.02. The topological polar surface area (TPSA) is 61.7 Å². The molecule has 0 saturated heterocycles. The molecule has 54 valence electrons. The predicted octanol–water partition coefficient (Wildman–Crippen LogP) is 2.38. The van der Waals surface area contributed by atoms with Gasteiger partial charge in [0.1, 0.15) is 0 Å². The Balaban J connectivity index is 0. The summed E-state index contributed by atoms with van der Waals surface area (Å²) in [5.41, 5.74) is 8.75. The summed E-state index contributed by atoms with van der Waals surface area (Å²) in [5.74, 6) is 0. The lowest BCUT2D eigenvalue weighted by molar-refractivity contribution is 0.976. The Morgan fingerprint density at radius 2 is 2.70 bits per heavy atom. The van der Waals surface area contributed by atoms with E-state index in [1.165, 1.54) is 0 Å². The van der Waals surface area contributed by atoms with Crippen LogP contribution in [0.4, 0.5) is 0 Å². The van der Waals surface area contributed by atoms with Crippen molar-refractivity contribution in [1.82, 2.24) is 4.98 Å². The van der Waals surface area contributed by atoms with Crippen molar-refractivity contribution in [3.63, 3.8) is 0 Å². The number of hydrogen-bond acceptors (Lipinski definition) is 2. The van der Waals surface area contributed by atoms with Gasteiger partial charge >= 0.3 is 0 Å². The average Bonchev–Trinajstić information content (AvgIpc) is 2.19. The number of rotatable bonds is 2. The molecule has 0 amide bonds. The van der Waals surface area contributed by atoms with Gasteiger partial charge < -0.3 is 0 Å². The Hall–Kier alpha value is -1.54. The highest BCUT2D eigenvalue weighted by Crippen LogP contribution is 1.94. The van der Waals surface area contributed by atoms with Gasteiger partial charge in [-0.2, -0.15) is 0 Å². The third-order valence-electron chi connectivity index (χ3n) is 1.02. The zero-order chi connectivity index (χ0) is 9.23. The molecule has 0 aliphatic rings. The monoisotopic (exact) mass is 141 g/mol. The largest absolute Gasteiger partial charge is 0.261 e. The number of hydrogen-bond donors (Lipinski definition) is 0. The van der Waals surface area contributed by atoms with Crippen LogP contribution < -0.4 is 0 Å². The molecular formula is C6H10N4. The lowest BCUT2D eigenvalue weighted by Crippen LogP contribution is -1.82. The minimum Gasteiger partial charge on any atom is -0.261 e. The summed E-state index contributed by atoms with van der Waals surface area (Å²) < 4.78 is 10.0. The molecular weight excluding hydrogens is 128 g/mol. The molecule has 0 aliphatic carbocycles. The maximum atomic E-state index is 7.96. The van der Waals surface area contributed by atoms with E-state index in [1.54, 1.807) is 6.20 Å². The smallest absolute Gasteiger partial charge is 0.0684 e. The van der Waals surface area contributed by atoms with Crippen LogP contribution in [0.2, 0.25) is 0 Å². The van der Waals surface area contributed by atoms with Gasteiger partial charge in [0.2, 0.25) is 0 Å². The van der Waals surface area contributed by atoms with Crippen LogP contribution in [0, 0.1) is 0 Å². The van der Waals surface area contributed by atoms with Crippen LogP contribution in [0.1, 0.15) is 10.1 Å². The molecule has 1 heterocycles. The van der Waals surface area contributed by atoms with Gasteiger partial charge in [-0.3, -0.25) is 4.98 Å². The molecule has 0 aromatic carbocycles. The molecule has 0 fully saturated rings. The molecule has 0 spiro atoms. The second-order valence-electron chi connectivity index (χ2n) is 1.71. The molecule has 1 aromatic heterocycles. The maximum Gasteiger partial charge on any atom is 0.0684 e. The van der Waals surface area contributed by atoms with Crippen molar-refractivity contribution in [3.8, 4) is 0 Å². The van der Waals surface area contributed by atoms with Gasteiger partial charge in [0.05, 0.1) is 6.54 Å². The van der Waals surface area contributed by atoms with Gasteiger partial charge in [-0.15, -0.1) is 0 Å². The Labute approximate surface area is 62.7 Å². The minimum absolute atomic E-state index is 0. The summed E-state index contributed by atoms with van der Waals surface area (Å²) in [5, 5.41) is 3.36. The van der Waals surface area contributed by atoms with Gasteiger partial charge in [0, 0.05) is 21.2 Å². The molecule has 0 N–H and O–H groups in total. The normalized spacial score (nSPS) is 9.20. The van der Waals surface area contributed by atoms with Crippen LogP contribution in [0.25, 0.3) is 10.4 Å². The summed E-state index contributed by atoms with van der Waals surface area (Å²) in [6, 6.07) is 5.49. The van der Waals surface area contributed by atoms with E-state index < -0.39 is 0 Å². The van der Waals surface area contributed by atoms with Crippen molar-refractivity contribution in [3.05, 3.63) is 40.5 Å². The SMILES string of the molecule is [2HH].[2H][2H].[N-]=[N+]=NCc1ccccn1. The number of aromatic nitrogens is 1. The molecule has 0 saturated carbocycles. The van der Waals surface area contributed by atoms with Gasteiger partial charge in [-0.1, -0.05) is 11.2 Å². The van der Waals surface area contributed by atoms with Crippen molar-refractivity contribution in [2.45, 2.75) is 6.54 Å². The molecule has 10 heavy (non-hydrogen) atoms. The van der Waals surface area contributed by atoms with Crippen molar-refractivity contribution in [2.24, 2.45) is 5.11 Å². The summed E-state index contributed by atoms with van der Waals surface area (Å²) in [6.07, 6.45) is 1.67. The third kappa shape index (κ3) is 1.76. The highest BCUT2D eigenvalue weighted by Gasteiger charge is 1.85. The maximum absolute atomic E-state index is 7.96. The van der Waals surface area contributed by atoms with E-state index in [-0.39, 0.29) is 1.43 Å². The molecule has 0 radical (unpaired) electrons. The van der Waals surface area contributed by atoms with E-state index in [1.807, 2.05) is 18.2 Å². The Kier molecular flexibility index (Phi) is 1.83. The summed E-state index contributed by atoms with van der Waals surface area (Å²) >= 11 is 0. The first-order chi connectivity index (χ1) is 5.93. The van der Waals surface area contributed by atoms with Crippen molar-refractivity contribution >= 4 is 0 Å². The Bertz CT molecular complexity index is 247. The highest BCUT2D eigenvalue weighted by atomic mass is 15.1. The molecule has 0 unspecified atom stereocenters. The predicted molar refractivity (Wildman–Crippen MR) is 41.3 cm³/mol. The van der Waals surface area contributed by atoms with Crippen LogP contribution in [0.3, 0.4) is 0 Å². The fourth-order valence-electron chi connectivity index (χ4n) is 0.596. The van der Waals surface area contributed by atoms with Crippen LogP contribution >= 0.6 is 0 Å². The van der Waals surface area contributed by atoms with Crippen LogP contribution in [0.15, 0.2) is 29.5 Å². The second-order valence-corrected chi connectivity index (χ2v) is 1.71. The first kappa shape index (κ1) is 5.26. The van der Waals surface area contributed by atoms with Gasteiger partial charge in [-0.05, 0) is 17.7 Å². The Morgan fingerprint density at radius 1 is 1.80 bits per heavy atom. The molecule has 0 aliphatic heterocycles. The third-order valence-corrected chi connectivity index (χ3v) is 1.02. The number of azide groups is 1. The number of pyridine rings is 1. The van der Waals surface area contributed by atoms with Crippen molar-refractivity contribution in [2.75, 3.05) is 0 Å². The second kappa shape index (κ2) is 3.48. The van der Waals surface area contributed by atoms with E-state index in [0.717, 1.165) is 5.69 Å². The summed E-state index contributed by atoms with van der Waals surface area (Å²) in [4.78, 5) is 6.57. The van der Waals surface area contributed by atoms with Crippen LogP contribution in [-0.4, -0.2) is 4.98 Å². The molecule has 4 nitrogen and oxygen atoms in total. The fraction of sp³-hybridized carbons (Fsp3) is 0.167. The van der Waals surface area contributed by atoms with Gasteiger partial charge in [0.25, 0.3) is 0 Å². The zero-order valence-corrected chi connectivity index (χ0v) is 5.31. The molecule has 1 rings (SSSR count).